The summed E-state index contributed by atoms with van der Waals surface area (Å²) >= 11 is 3.27. The first-order chi connectivity index (χ1) is 17.3. The Kier molecular flexibility index (Phi) is 8.55. The van der Waals surface area contributed by atoms with Gasteiger partial charge < -0.3 is 14.8 Å². The predicted octanol–water partition coefficient (Wildman–Crippen LogP) is 5.59. The highest BCUT2D eigenvalue weighted by molar-refractivity contribution is 9.10. The number of ether oxygens (including phenoxy) is 1. The Hall–Kier alpha value is -3.02. The number of benzene rings is 2. The smallest absolute Gasteiger partial charge is 0.217 e. The number of carbonyl (C=O) groups is 1. The molecule has 0 spiro atoms. The SMILES string of the molecule is N=C(C(=O)c1c(F)ccc(NS(=O)Cc2ccccc2)c1F)c1cc(Br)cnc1NC1CCCCO1. The summed E-state index contributed by atoms with van der Waals surface area (Å²) in [4.78, 5) is 17.4. The first-order valence-electron chi connectivity index (χ1n) is 11.2. The summed E-state index contributed by atoms with van der Waals surface area (Å²) in [6.45, 7) is 0.571. The number of halogens is 3. The molecule has 36 heavy (non-hydrogen) atoms. The lowest BCUT2D eigenvalue weighted by Gasteiger charge is -2.25. The number of hydrogen-bond acceptors (Lipinski definition) is 6. The van der Waals surface area contributed by atoms with E-state index in [2.05, 4.69) is 31.0 Å². The third-order valence-electron chi connectivity index (χ3n) is 5.51. The maximum Gasteiger partial charge on any atom is 0.217 e. The molecule has 1 aromatic heterocycles. The normalized spacial score (nSPS) is 16.2. The van der Waals surface area contributed by atoms with E-state index in [-0.39, 0.29) is 29.0 Å². The highest BCUT2D eigenvalue weighted by Crippen LogP contribution is 2.27. The first-order valence-corrected chi connectivity index (χ1v) is 13.3. The molecule has 2 unspecified atom stereocenters. The van der Waals surface area contributed by atoms with Crippen molar-refractivity contribution >= 4 is 49.9 Å². The minimum Gasteiger partial charge on any atom is -0.359 e. The topological polar surface area (TPSA) is 104 Å². The van der Waals surface area contributed by atoms with Gasteiger partial charge in [0.05, 0.1) is 17.0 Å². The van der Waals surface area contributed by atoms with Crippen LogP contribution in [0, 0.1) is 17.0 Å². The maximum atomic E-state index is 15.3. The van der Waals surface area contributed by atoms with E-state index in [0.29, 0.717) is 11.1 Å². The zero-order valence-electron chi connectivity index (χ0n) is 19.0. The summed E-state index contributed by atoms with van der Waals surface area (Å²) in [7, 11) is -1.74. The van der Waals surface area contributed by atoms with Crippen LogP contribution in [-0.4, -0.2) is 33.5 Å². The Bertz CT molecular complexity index is 1300. The van der Waals surface area contributed by atoms with Gasteiger partial charge in [-0.2, -0.15) is 0 Å². The van der Waals surface area contributed by atoms with Crippen LogP contribution in [0.5, 0.6) is 0 Å². The van der Waals surface area contributed by atoms with Gasteiger partial charge in [-0.15, -0.1) is 0 Å². The molecule has 0 amide bonds. The molecule has 3 N–H and O–H groups in total. The van der Waals surface area contributed by atoms with Gasteiger partial charge in [-0.3, -0.25) is 10.2 Å². The van der Waals surface area contributed by atoms with Crippen molar-refractivity contribution in [3.05, 3.63) is 87.5 Å². The van der Waals surface area contributed by atoms with Crippen molar-refractivity contribution in [1.29, 1.82) is 5.41 Å². The van der Waals surface area contributed by atoms with E-state index >= 15 is 4.39 Å². The molecule has 0 saturated carbocycles. The average Bonchev–Trinajstić information content (AvgIpc) is 2.87. The number of carbonyl (C=O) groups excluding carboxylic acids is 1. The number of rotatable bonds is 9. The molecule has 1 saturated heterocycles. The van der Waals surface area contributed by atoms with E-state index in [4.69, 9.17) is 10.1 Å². The lowest BCUT2D eigenvalue weighted by molar-refractivity contribution is 0.0341. The van der Waals surface area contributed by atoms with Crippen molar-refractivity contribution in [3.63, 3.8) is 0 Å². The number of Topliss-reactive ketones (excluding diaryl/α,β-unsaturated/α-hetero) is 1. The van der Waals surface area contributed by atoms with Crippen molar-refractivity contribution in [3.8, 4) is 0 Å². The van der Waals surface area contributed by atoms with Crippen molar-refractivity contribution in [1.82, 2.24) is 4.98 Å². The van der Waals surface area contributed by atoms with Crippen LogP contribution in [0.25, 0.3) is 0 Å². The van der Waals surface area contributed by atoms with E-state index in [1.54, 1.807) is 24.3 Å². The van der Waals surface area contributed by atoms with E-state index in [1.165, 1.54) is 12.3 Å². The second-order valence-corrected chi connectivity index (χ2v) is 10.2. The highest BCUT2D eigenvalue weighted by atomic mass is 79.9. The van der Waals surface area contributed by atoms with Crippen LogP contribution in [-0.2, 0) is 21.5 Å². The van der Waals surface area contributed by atoms with Gasteiger partial charge in [0, 0.05) is 22.8 Å². The summed E-state index contributed by atoms with van der Waals surface area (Å²) in [5.74, 6) is -3.25. The highest BCUT2D eigenvalue weighted by Gasteiger charge is 2.28. The molecule has 1 fully saturated rings. The van der Waals surface area contributed by atoms with Gasteiger partial charge in [-0.1, -0.05) is 30.3 Å². The monoisotopic (exact) mass is 576 g/mol. The quantitative estimate of drug-likeness (QED) is 0.227. The van der Waals surface area contributed by atoms with Crippen molar-refractivity contribution in [2.75, 3.05) is 16.6 Å². The largest absolute Gasteiger partial charge is 0.359 e. The molecule has 3 aromatic rings. The van der Waals surface area contributed by atoms with Gasteiger partial charge >= 0.3 is 0 Å². The average molecular weight is 577 g/mol. The molecular weight excluding hydrogens is 554 g/mol. The number of pyridine rings is 1. The number of hydrogen-bond donors (Lipinski definition) is 3. The maximum absolute atomic E-state index is 15.3. The summed E-state index contributed by atoms with van der Waals surface area (Å²) < 4.78 is 51.1. The molecule has 188 valence electrons. The lowest BCUT2D eigenvalue weighted by atomic mass is 9.99. The summed E-state index contributed by atoms with van der Waals surface area (Å²) in [5, 5.41) is 11.5. The van der Waals surface area contributed by atoms with E-state index < -0.39 is 39.7 Å². The molecule has 2 aromatic carbocycles. The molecule has 4 rings (SSSR count). The Morgan fingerprint density at radius 2 is 1.97 bits per heavy atom. The number of anilines is 2. The molecule has 0 radical (unpaired) electrons. The van der Waals surface area contributed by atoms with Gasteiger partial charge in [0.1, 0.15) is 34.6 Å². The van der Waals surface area contributed by atoms with Gasteiger partial charge in [-0.25, -0.2) is 18.0 Å². The van der Waals surface area contributed by atoms with Crippen LogP contribution in [0.15, 0.2) is 59.2 Å². The predicted molar refractivity (Wildman–Crippen MR) is 139 cm³/mol. The van der Waals surface area contributed by atoms with Crippen molar-refractivity contribution < 1.29 is 22.5 Å². The number of nitrogens with zero attached hydrogens (tertiary/aromatic N) is 1. The lowest BCUT2D eigenvalue weighted by Crippen LogP contribution is -2.29. The van der Waals surface area contributed by atoms with Gasteiger partial charge in [0.15, 0.2) is 5.82 Å². The molecule has 2 atom stereocenters. The van der Waals surface area contributed by atoms with Crippen LogP contribution in [0.4, 0.5) is 20.3 Å². The molecule has 11 heteroatoms. The minimum atomic E-state index is -1.74. The third kappa shape index (κ3) is 6.21. The van der Waals surface area contributed by atoms with Gasteiger partial charge in [-0.05, 0) is 59.0 Å². The summed E-state index contributed by atoms with van der Waals surface area (Å²) in [6.07, 6.45) is 3.73. The van der Waals surface area contributed by atoms with Crippen LogP contribution >= 0.6 is 15.9 Å². The third-order valence-corrected chi connectivity index (χ3v) is 6.99. The molecule has 0 bridgehead atoms. The minimum absolute atomic E-state index is 0.0633. The zero-order chi connectivity index (χ0) is 25.7. The van der Waals surface area contributed by atoms with E-state index in [9.17, 15) is 13.4 Å². The second kappa shape index (κ2) is 11.8. The first kappa shape index (κ1) is 26.1. The van der Waals surface area contributed by atoms with Gasteiger partial charge in [0.2, 0.25) is 5.78 Å². The number of aromatic nitrogens is 1. The van der Waals surface area contributed by atoms with Gasteiger partial charge in [0.25, 0.3) is 0 Å². The standard InChI is InChI=1S/C25H23BrF2N4O3S/c26-16-12-17(25(30-13-16)31-20-8-4-5-11-35-20)23(29)24(33)21-18(27)9-10-19(22(21)28)32-36(34)14-15-6-2-1-3-7-15/h1-3,6-7,9-10,12-13,20,29,32H,4-5,8,11,14H2,(H,30,31). The number of ketones is 1. The summed E-state index contributed by atoms with van der Waals surface area (Å²) in [6, 6.07) is 12.4. The zero-order valence-corrected chi connectivity index (χ0v) is 21.4. The Morgan fingerprint density at radius 1 is 1.19 bits per heavy atom. The molecule has 2 heterocycles. The second-order valence-electron chi connectivity index (χ2n) is 8.11. The van der Waals surface area contributed by atoms with Crippen molar-refractivity contribution in [2.45, 2.75) is 31.2 Å². The van der Waals surface area contributed by atoms with Crippen molar-refractivity contribution in [2.24, 2.45) is 0 Å². The fourth-order valence-electron chi connectivity index (χ4n) is 3.72. The fourth-order valence-corrected chi connectivity index (χ4v) is 5.02. The Labute approximate surface area is 217 Å². The molecule has 1 aliphatic rings. The summed E-state index contributed by atoms with van der Waals surface area (Å²) in [5.41, 5.74) is -1.05. The van der Waals surface area contributed by atoms with Crippen LogP contribution in [0.2, 0.25) is 0 Å². The Morgan fingerprint density at radius 3 is 2.69 bits per heavy atom. The van der Waals surface area contributed by atoms with Crippen LogP contribution < -0.4 is 10.0 Å². The van der Waals surface area contributed by atoms with Crippen LogP contribution in [0.3, 0.4) is 0 Å². The van der Waals surface area contributed by atoms with E-state index in [0.717, 1.165) is 37.0 Å². The molecule has 1 aliphatic heterocycles. The Balaban J connectivity index is 1.58. The van der Waals surface area contributed by atoms with E-state index in [1.807, 2.05) is 6.07 Å². The molecule has 7 nitrogen and oxygen atoms in total. The number of nitrogens with one attached hydrogen (secondary N) is 3. The fraction of sp³-hybridized carbons (Fsp3) is 0.240. The molecule has 0 aliphatic carbocycles. The molecular formula is C25H23BrF2N4O3S. The van der Waals surface area contributed by atoms with Crippen LogP contribution in [0.1, 0.15) is 40.7 Å².